The molecule has 0 saturated carbocycles. The largest absolute Gasteiger partial charge is 0.391 e. The Balaban J connectivity index is 1.82. The van der Waals surface area contributed by atoms with Gasteiger partial charge < -0.3 is 10.4 Å². The molecule has 0 amide bonds. The lowest BCUT2D eigenvalue weighted by atomic mass is 10.0. The summed E-state index contributed by atoms with van der Waals surface area (Å²) in [6.07, 6.45) is 0.294. The number of rotatable bonds is 3. The third kappa shape index (κ3) is 2.69. The maximum absolute atomic E-state index is 10.3. The van der Waals surface area contributed by atoms with Crippen molar-refractivity contribution in [3.8, 4) is 6.07 Å². The topological polar surface area (TPSA) is 56.0 Å². The van der Waals surface area contributed by atoms with Gasteiger partial charge in [0.2, 0.25) is 0 Å². The number of aliphatic hydroxyl groups excluding tert-OH is 1. The molecule has 3 nitrogen and oxygen atoms in total. The summed E-state index contributed by atoms with van der Waals surface area (Å²) in [5, 5.41) is 22.8. The van der Waals surface area contributed by atoms with Crippen molar-refractivity contribution in [2.24, 2.45) is 0 Å². The van der Waals surface area contributed by atoms with Crippen LogP contribution in [0, 0.1) is 11.3 Å². The molecule has 0 aromatic heterocycles. The van der Waals surface area contributed by atoms with Gasteiger partial charge in [-0.25, -0.2) is 0 Å². The van der Waals surface area contributed by atoms with Gasteiger partial charge in [0.15, 0.2) is 0 Å². The molecule has 2 aromatic rings. The first-order valence-electron chi connectivity index (χ1n) is 7.21. The van der Waals surface area contributed by atoms with Gasteiger partial charge in [0, 0.05) is 12.5 Å². The number of hydrogen-bond acceptors (Lipinski definition) is 3. The highest BCUT2D eigenvalue weighted by molar-refractivity contribution is 5.38. The fourth-order valence-corrected chi connectivity index (χ4v) is 3.02. The van der Waals surface area contributed by atoms with Crippen LogP contribution in [-0.4, -0.2) is 11.2 Å². The number of benzene rings is 2. The zero-order valence-electron chi connectivity index (χ0n) is 12.0. The summed E-state index contributed by atoms with van der Waals surface area (Å²) in [6.45, 7) is 2.06. The van der Waals surface area contributed by atoms with E-state index < -0.39 is 6.10 Å². The maximum Gasteiger partial charge on any atom is 0.0991 e. The minimum atomic E-state index is -0.399. The van der Waals surface area contributed by atoms with E-state index in [4.69, 9.17) is 5.26 Å². The van der Waals surface area contributed by atoms with E-state index in [2.05, 4.69) is 30.4 Å². The number of nitrogens with one attached hydrogen (secondary N) is 1. The monoisotopic (exact) mass is 278 g/mol. The maximum atomic E-state index is 10.3. The van der Waals surface area contributed by atoms with Crippen LogP contribution in [-0.2, 0) is 6.42 Å². The number of aliphatic hydroxyl groups is 1. The Morgan fingerprint density at radius 3 is 2.86 bits per heavy atom. The molecule has 0 heterocycles. The number of nitriles is 1. The quantitative estimate of drug-likeness (QED) is 0.907. The summed E-state index contributed by atoms with van der Waals surface area (Å²) < 4.78 is 0. The second-order valence-electron chi connectivity index (χ2n) is 5.57. The standard InChI is InChI=1S/C18H18N2O/c1-12(14-7-4-5-13(9-14)11-19)20-18-16-8-3-2-6-15(16)10-17(18)21/h2-9,12,17-18,20-21H,10H2,1H3. The number of fused-ring (bicyclic) bond motifs is 1. The molecular weight excluding hydrogens is 260 g/mol. The van der Waals surface area contributed by atoms with E-state index in [0.717, 1.165) is 5.56 Å². The summed E-state index contributed by atoms with van der Waals surface area (Å²) in [5.74, 6) is 0. The van der Waals surface area contributed by atoms with Crippen molar-refractivity contribution in [3.05, 3.63) is 70.8 Å². The normalized spacial score (nSPS) is 21.6. The first-order chi connectivity index (χ1) is 10.2. The van der Waals surface area contributed by atoms with Crippen molar-refractivity contribution < 1.29 is 5.11 Å². The molecule has 0 fully saturated rings. The predicted molar refractivity (Wildman–Crippen MR) is 81.6 cm³/mol. The summed E-state index contributed by atoms with van der Waals surface area (Å²) in [6, 6.07) is 17.9. The van der Waals surface area contributed by atoms with Crippen LogP contribution in [0.1, 0.15) is 41.3 Å². The van der Waals surface area contributed by atoms with E-state index in [1.807, 2.05) is 30.3 Å². The molecule has 0 spiro atoms. The third-order valence-corrected chi connectivity index (χ3v) is 4.15. The Bertz CT molecular complexity index is 690. The average Bonchev–Trinajstić information content (AvgIpc) is 2.83. The Morgan fingerprint density at radius 2 is 2.05 bits per heavy atom. The third-order valence-electron chi connectivity index (χ3n) is 4.15. The molecule has 106 valence electrons. The first-order valence-corrected chi connectivity index (χ1v) is 7.21. The number of hydrogen-bond donors (Lipinski definition) is 2. The summed E-state index contributed by atoms with van der Waals surface area (Å²) in [4.78, 5) is 0. The van der Waals surface area contributed by atoms with Crippen LogP contribution in [0.25, 0.3) is 0 Å². The molecule has 0 bridgehead atoms. The lowest BCUT2D eigenvalue weighted by molar-refractivity contribution is 0.136. The summed E-state index contributed by atoms with van der Waals surface area (Å²) >= 11 is 0. The van der Waals surface area contributed by atoms with Gasteiger partial charge in [-0.1, -0.05) is 36.4 Å². The number of nitrogens with zero attached hydrogens (tertiary/aromatic N) is 1. The van der Waals surface area contributed by atoms with E-state index in [1.54, 1.807) is 6.07 Å². The molecule has 1 aliphatic rings. The molecule has 2 N–H and O–H groups in total. The summed E-state index contributed by atoms with van der Waals surface area (Å²) in [7, 11) is 0. The van der Waals surface area contributed by atoms with E-state index in [-0.39, 0.29) is 12.1 Å². The smallest absolute Gasteiger partial charge is 0.0991 e. The van der Waals surface area contributed by atoms with E-state index in [9.17, 15) is 5.11 Å². The van der Waals surface area contributed by atoms with Crippen LogP contribution in [0.15, 0.2) is 48.5 Å². The van der Waals surface area contributed by atoms with Gasteiger partial charge in [-0.3, -0.25) is 0 Å². The fraction of sp³-hybridized carbons (Fsp3) is 0.278. The molecule has 0 radical (unpaired) electrons. The van der Waals surface area contributed by atoms with E-state index in [0.29, 0.717) is 12.0 Å². The lowest BCUT2D eigenvalue weighted by Crippen LogP contribution is -2.31. The van der Waals surface area contributed by atoms with E-state index >= 15 is 0 Å². The van der Waals surface area contributed by atoms with Gasteiger partial charge in [0.1, 0.15) is 0 Å². The Morgan fingerprint density at radius 1 is 1.24 bits per heavy atom. The van der Waals surface area contributed by atoms with Crippen LogP contribution in [0.2, 0.25) is 0 Å². The van der Waals surface area contributed by atoms with Gasteiger partial charge in [0.05, 0.1) is 23.8 Å². The van der Waals surface area contributed by atoms with Gasteiger partial charge in [-0.15, -0.1) is 0 Å². The van der Waals surface area contributed by atoms with Gasteiger partial charge in [0.25, 0.3) is 0 Å². The molecule has 3 unspecified atom stereocenters. The van der Waals surface area contributed by atoms with Crippen molar-refractivity contribution in [1.82, 2.24) is 5.32 Å². The van der Waals surface area contributed by atoms with Crippen molar-refractivity contribution in [2.45, 2.75) is 31.5 Å². The highest BCUT2D eigenvalue weighted by atomic mass is 16.3. The van der Waals surface area contributed by atoms with Crippen molar-refractivity contribution in [1.29, 1.82) is 5.26 Å². The molecule has 2 aromatic carbocycles. The molecule has 3 rings (SSSR count). The Kier molecular flexibility index (Phi) is 3.74. The second kappa shape index (κ2) is 5.69. The lowest BCUT2D eigenvalue weighted by Gasteiger charge is -2.23. The van der Waals surface area contributed by atoms with Crippen LogP contribution >= 0.6 is 0 Å². The highest BCUT2D eigenvalue weighted by Gasteiger charge is 2.31. The predicted octanol–water partition coefficient (Wildman–Crippen LogP) is 2.87. The molecular formula is C18H18N2O. The SMILES string of the molecule is CC(NC1c2ccccc2CC1O)c1cccc(C#N)c1. The van der Waals surface area contributed by atoms with Gasteiger partial charge >= 0.3 is 0 Å². The van der Waals surface area contributed by atoms with Crippen LogP contribution in [0.3, 0.4) is 0 Å². The van der Waals surface area contributed by atoms with Crippen LogP contribution in [0.5, 0.6) is 0 Å². The second-order valence-corrected chi connectivity index (χ2v) is 5.57. The molecule has 1 aliphatic carbocycles. The molecule has 0 aliphatic heterocycles. The van der Waals surface area contributed by atoms with Crippen molar-refractivity contribution in [2.75, 3.05) is 0 Å². The van der Waals surface area contributed by atoms with Gasteiger partial charge in [-0.2, -0.15) is 5.26 Å². The Hall–Kier alpha value is -2.15. The molecule has 3 heteroatoms. The zero-order chi connectivity index (χ0) is 14.8. The average molecular weight is 278 g/mol. The van der Waals surface area contributed by atoms with Crippen molar-refractivity contribution in [3.63, 3.8) is 0 Å². The van der Waals surface area contributed by atoms with Crippen LogP contribution < -0.4 is 5.32 Å². The highest BCUT2D eigenvalue weighted by Crippen LogP contribution is 2.33. The van der Waals surface area contributed by atoms with Gasteiger partial charge in [-0.05, 0) is 35.7 Å². The first kappa shape index (κ1) is 13.8. The van der Waals surface area contributed by atoms with Crippen LogP contribution in [0.4, 0.5) is 0 Å². The summed E-state index contributed by atoms with van der Waals surface area (Å²) in [5.41, 5.74) is 4.10. The minimum absolute atomic E-state index is 0.0538. The zero-order valence-corrected chi connectivity index (χ0v) is 12.0. The minimum Gasteiger partial charge on any atom is -0.391 e. The molecule has 0 saturated heterocycles. The Labute approximate surface area is 124 Å². The molecule has 21 heavy (non-hydrogen) atoms. The fourth-order valence-electron chi connectivity index (χ4n) is 3.02. The van der Waals surface area contributed by atoms with Crippen molar-refractivity contribution >= 4 is 0 Å². The van der Waals surface area contributed by atoms with E-state index in [1.165, 1.54) is 11.1 Å². The molecule has 3 atom stereocenters.